The van der Waals surface area contributed by atoms with E-state index in [2.05, 4.69) is 12.2 Å². The molecule has 0 aromatic heterocycles. The number of hydrogen-bond donors (Lipinski definition) is 2. The molecule has 0 fully saturated rings. The predicted molar refractivity (Wildman–Crippen MR) is 74.4 cm³/mol. The highest BCUT2D eigenvalue weighted by atomic mass is 32.2. The van der Waals surface area contributed by atoms with Gasteiger partial charge in [-0.3, -0.25) is 4.79 Å². The Bertz CT molecular complexity index is 368. The molecule has 1 atom stereocenters. The first-order chi connectivity index (χ1) is 8.15. The number of anilines is 1. The third kappa shape index (κ3) is 5.24. The molecule has 3 nitrogen and oxygen atoms in total. The van der Waals surface area contributed by atoms with Gasteiger partial charge >= 0.3 is 0 Å². The van der Waals surface area contributed by atoms with Gasteiger partial charge in [-0.05, 0) is 30.9 Å². The van der Waals surface area contributed by atoms with Gasteiger partial charge in [-0.25, -0.2) is 0 Å². The maximum atomic E-state index is 11.7. The van der Waals surface area contributed by atoms with E-state index in [1.807, 2.05) is 30.5 Å². The molecule has 0 bridgehead atoms. The first-order valence-electron chi connectivity index (χ1n) is 5.85. The number of hydrogen-bond acceptors (Lipinski definition) is 3. The van der Waals surface area contributed by atoms with E-state index in [0.29, 0.717) is 6.42 Å². The minimum absolute atomic E-state index is 0.01000. The lowest BCUT2D eigenvalue weighted by atomic mass is 10.1. The number of carbonyl (C=O) groups is 1. The first kappa shape index (κ1) is 14.1. The number of benzene rings is 1. The van der Waals surface area contributed by atoms with E-state index >= 15 is 0 Å². The minimum atomic E-state index is -0.0382. The summed E-state index contributed by atoms with van der Waals surface area (Å²) >= 11 is 1.66. The Morgan fingerprint density at radius 2 is 2.29 bits per heavy atom. The van der Waals surface area contributed by atoms with Gasteiger partial charge in [0.25, 0.3) is 0 Å². The van der Waals surface area contributed by atoms with Gasteiger partial charge < -0.3 is 11.1 Å². The molecule has 0 aliphatic carbocycles. The van der Waals surface area contributed by atoms with Crippen LogP contribution < -0.4 is 11.1 Å². The fourth-order valence-corrected chi connectivity index (χ4v) is 2.08. The van der Waals surface area contributed by atoms with Crippen molar-refractivity contribution in [2.75, 3.05) is 11.6 Å². The molecule has 1 aromatic rings. The van der Waals surface area contributed by atoms with Crippen molar-refractivity contribution in [3.63, 3.8) is 0 Å². The van der Waals surface area contributed by atoms with Gasteiger partial charge in [0.05, 0.1) is 0 Å². The second-order valence-electron chi connectivity index (χ2n) is 4.03. The van der Waals surface area contributed by atoms with E-state index < -0.39 is 0 Å². The van der Waals surface area contributed by atoms with E-state index in [0.717, 1.165) is 23.4 Å². The van der Waals surface area contributed by atoms with Crippen LogP contribution in [0.1, 0.15) is 26.2 Å². The highest BCUT2D eigenvalue weighted by Gasteiger charge is 2.08. The molecule has 3 N–H and O–H groups in total. The van der Waals surface area contributed by atoms with Crippen LogP contribution in [0.4, 0.5) is 5.69 Å². The number of nitrogens with two attached hydrogens (primary N) is 1. The van der Waals surface area contributed by atoms with Crippen molar-refractivity contribution in [2.45, 2.75) is 37.1 Å². The summed E-state index contributed by atoms with van der Waals surface area (Å²) in [6.45, 7) is 2.07. The molecule has 94 valence electrons. The molecule has 1 unspecified atom stereocenters. The maximum absolute atomic E-state index is 11.7. The van der Waals surface area contributed by atoms with Gasteiger partial charge in [-0.15, -0.1) is 11.8 Å². The van der Waals surface area contributed by atoms with Gasteiger partial charge in [0, 0.05) is 23.0 Å². The minimum Gasteiger partial charge on any atom is -0.327 e. The molecule has 0 saturated carbocycles. The lowest BCUT2D eigenvalue weighted by Crippen LogP contribution is -2.26. The fraction of sp³-hybridized carbons (Fsp3) is 0.462. The lowest BCUT2D eigenvalue weighted by Gasteiger charge is -2.11. The summed E-state index contributed by atoms with van der Waals surface area (Å²) in [5.41, 5.74) is 6.67. The topological polar surface area (TPSA) is 55.1 Å². The molecule has 0 aliphatic rings. The van der Waals surface area contributed by atoms with Crippen LogP contribution in [-0.4, -0.2) is 18.2 Å². The molecule has 17 heavy (non-hydrogen) atoms. The van der Waals surface area contributed by atoms with Crippen molar-refractivity contribution < 1.29 is 4.79 Å². The van der Waals surface area contributed by atoms with Gasteiger partial charge in [0.15, 0.2) is 0 Å². The van der Waals surface area contributed by atoms with Gasteiger partial charge in [-0.1, -0.05) is 19.4 Å². The number of carbonyl (C=O) groups excluding carboxylic acids is 1. The Morgan fingerprint density at radius 3 is 2.94 bits per heavy atom. The lowest BCUT2D eigenvalue weighted by molar-refractivity contribution is -0.116. The molecule has 4 heteroatoms. The SMILES string of the molecule is CCCC(N)CC(=O)Nc1cccc(SC)c1. The smallest absolute Gasteiger partial charge is 0.225 e. The highest BCUT2D eigenvalue weighted by Crippen LogP contribution is 2.19. The Hall–Kier alpha value is -1.00. The highest BCUT2D eigenvalue weighted by molar-refractivity contribution is 7.98. The van der Waals surface area contributed by atoms with Crippen LogP contribution in [0.15, 0.2) is 29.2 Å². The quantitative estimate of drug-likeness (QED) is 0.765. The molecular weight excluding hydrogens is 232 g/mol. The second kappa shape index (κ2) is 7.35. The van der Waals surface area contributed by atoms with Crippen LogP contribution in [0.3, 0.4) is 0 Å². The standard InChI is InChI=1S/C13H20N2OS/c1-3-5-10(14)8-13(16)15-11-6-4-7-12(9-11)17-2/h4,6-7,9-10H,3,5,8,14H2,1-2H3,(H,15,16). The van der Waals surface area contributed by atoms with Crippen molar-refractivity contribution >= 4 is 23.4 Å². The van der Waals surface area contributed by atoms with Gasteiger partial charge in [0.1, 0.15) is 0 Å². The van der Waals surface area contributed by atoms with Crippen molar-refractivity contribution in [3.8, 4) is 0 Å². The summed E-state index contributed by atoms with van der Waals surface area (Å²) in [5, 5.41) is 2.87. The zero-order valence-corrected chi connectivity index (χ0v) is 11.2. The van der Waals surface area contributed by atoms with Crippen molar-refractivity contribution in [2.24, 2.45) is 5.73 Å². The molecule has 1 amide bonds. The van der Waals surface area contributed by atoms with Gasteiger partial charge in [-0.2, -0.15) is 0 Å². The van der Waals surface area contributed by atoms with Gasteiger partial charge in [0.2, 0.25) is 5.91 Å². The monoisotopic (exact) mass is 252 g/mol. The average Bonchev–Trinajstić information content (AvgIpc) is 2.29. The molecule has 0 radical (unpaired) electrons. The normalized spacial score (nSPS) is 12.2. The van der Waals surface area contributed by atoms with E-state index in [4.69, 9.17) is 5.73 Å². The number of rotatable bonds is 6. The molecular formula is C13H20N2OS. The van der Waals surface area contributed by atoms with Crippen molar-refractivity contribution in [1.29, 1.82) is 0 Å². The number of thioether (sulfide) groups is 1. The van der Waals surface area contributed by atoms with E-state index in [-0.39, 0.29) is 11.9 Å². The zero-order valence-electron chi connectivity index (χ0n) is 10.4. The molecule has 0 spiro atoms. The van der Waals surface area contributed by atoms with Crippen molar-refractivity contribution in [1.82, 2.24) is 0 Å². The molecule has 1 aromatic carbocycles. The maximum Gasteiger partial charge on any atom is 0.225 e. The summed E-state index contributed by atoms with van der Waals surface area (Å²) in [4.78, 5) is 12.8. The molecule has 0 aliphatic heterocycles. The Labute approximate surface area is 107 Å². The molecule has 0 heterocycles. The zero-order chi connectivity index (χ0) is 12.7. The summed E-state index contributed by atoms with van der Waals surface area (Å²) in [7, 11) is 0. The third-order valence-electron chi connectivity index (χ3n) is 2.46. The van der Waals surface area contributed by atoms with E-state index in [9.17, 15) is 4.79 Å². The largest absolute Gasteiger partial charge is 0.327 e. The number of amides is 1. The Morgan fingerprint density at radius 1 is 1.53 bits per heavy atom. The van der Waals surface area contributed by atoms with Crippen LogP contribution in [0.2, 0.25) is 0 Å². The summed E-state index contributed by atoms with van der Waals surface area (Å²) in [6.07, 6.45) is 4.30. The van der Waals surface area contributed by atoms with Crippen LogP contribution in [0, 0.1) is 0 Å². The Balaban J connectivity index is 2.49. The summed E-state index contributed by atoms with van der Waals surface area (Å²) in [5.74, 6) is -0.01000. The van der Waals surface area contributed by atoms with Crippen LogP contribution in [-0.2, 0) is 4.79 Å². The average molecular weight is 252 g/mol. The molecule has 1 rings (SSSR count). The predicted octanol–water partition coefficient (Wildman–Crippen LogP) is 2.86. The number of nitrogens with one attached hydrogen (secondary N) is 1. The Kier molecular flexibility index (Phi) is 6.08. The van der Waals surface area contributed by atoms with E-state index in [1.165, 1.54) is 0 Å². The summed E-state index contributed by atoms with van der Waals surface area (Å²) in [6, 6.07) is 7.77. The second-order valence-corrected chi connectivity index (χ2v) is 4.91. The summed E-state index contributed by atoms with van der Waals surface area (Å²) < 4.78 is 0. The third-order valence-corrected chi connectivity index (χ3v) is 3.19. The van der Waals surface area contributed by atoms with E-state index in [1.54, 1.807) is 11.8 Å². The van der Waals surface area contributed by atoms with Crippen LogP contribution >= 0.6 is 11.8 Å². The van der Waals surface area contributed by atoms with Crippen LogP contribution in [0.25, 0.3) is 0 Å². The van der Waals surface area contributed by atoms with Crippen molar-refractivity contribution in [3.05, 3.63) is 24.3 Å². The van der Waals surface area contributed by atoms with Crippen LogP contribution in [0.5, 0.6) is 0 Å². The molecule has 0 saturated heterocycles. The fourth-order valence-electron chi connectivity index (χ4n) is 1.62. The first-order valence-corrected chi connectivity index (χ1v) is 7.07.